The van der Waals surface area contributed by atoms with Crippen LogP contribution in [0, 0.1) is 0 Å². The lowest BCUT2D eigenvalue weighted by molar-refractivity contribution is -0.126. The van der Waals surface area contributed by atoms with E-state index in [0.717, 1.165) is 0 Å². The molecule has 0 atom stereocenters. The smallest absolute Gasteiger partial charge is 0.116 e. The SMILES string of the molecule is NN1CC(O)(CO)C1. The van der Waals surface area contributed by atoms with Crippen LogP contribution in [0.2, 0.25) is 0 Å². The van der Waals surface area contributed by atoms with Crippen molar-refractivity contribution in [3.8, 4) is 0 Å². The van der Waals surface area contributed by atoms with Crippen molar-refractivity contribution in [1.82, 2.24) is 5.01 Å². The van der Waals surface area contributed by atoms with E-state index in [9.17, 15) is 0 Å². The molecular formula is C4H10N2O2. The molecule has 0 unspecified atom stereocenters. The molecule has 1 aliphatic rings. The summed E-state index contributed by atoms with van der Waals surface area (Å²) in [7, 11) is 0. The summed E-state index contributed by atoms with van der Waals surface area (Å²) in [5.74, 6) is 5.19. The highest BCUT2D eigenvalue weighted by Crippen LogP contribution is 2.14. The molecule has 0 spiro atoms. The molecule has 0 aromatic heterocycles. The molecular weight excluding hydrogens is 108 g/mol. The molecule has 1 rings (SSSR count). The third-order valence-electron chi connectivity index (χ3n) is 1.29. The standard InChI is InChI=1S/C4H10N2O2/c5-6-1-4(8,2-6)3-7/h7-8H,1-3,5H2. The summed E-state index contributed by atoms with van der Waals surface area (Å²) >= 11 is 0. The monoisotopic (exact) mass is 118 g/mol. The first-order valence-electron chi connectivity index (χ1n) is 2.49. The fourth-order valence-electron chi connectivity index (χ4n) is 0.810. The molecule has 1 saturated heterocycles. The number of hydrogen-bond donors (Lipinski definition) is 3. The maximum absolute atomic E-state index is 9.02. The van der Waals surface area contributed by atoms with Crippen LogP contribution in [0.4, 0.5) is 0 Å². The Bertz CT molecular complexity index is 90.0. The second-order valence-electron chi connectivity index (χ2n) is 2.29. The Hall–Kier alpha value is -0.160. The molecule has 1 fully saturated rings. The molecule has 0 aromatic carbocycles. The van der Waals surface area contributed by atoms with Gasteiger partial charge in [0.05, 0.1) is 6.61 Å². The Labute approximate surface area is 47.5 Å². The fourth-order valence-corrected chi connectivity index (χ4v) is 0.810. The van der Waals surface area contributed by atoms with Crippen molar-refractivity contribution < 1.29 is 10.2 Å². The van der Waals surface area contributed by atoms with Gasteiger partial charge in [0.2, 0.25) is 0 Å². The van der Waals surface area contributed by atoms with Gasteiger partial charge in [-0.2, -0.15) is 0 Å². The predicted molar refractivity (Wildman–Crippen MR) is 27.8 cm³/mol. The van der Waals surface area contributed by atoms with E-state index in [1.54, 1.807) is 0 Å². The van der Waals surface area contributed by atoms with Crippen LogP contribution in [0.1, 0.15) is 0 Å². The van der Waals surface area contributed by atoms with E-state index in [0.29, 0.717) is 13.1 Å². The van der Waals surface area contributed by atoms with Gasteiger partial charge in [0.1, 0.15) is 5.60 Å². The molecule has 8 heavy (non-hydrogen) atoms. The Morgan fingerprint density at radius 1 is 1.62 bits per heavy atom. The second-order valence-corrected chi connectivity index (χ2v) is 2.29. The largest absolute Gasteiger partial charge is 0.393 e. The Morgan fingerprint density at radius 3 is 2.25 bits per heavy atom. The lowest BCUT2D eigenvalue weighted by Gasteiger charge is -2.42. The number of rotatable bonds is 1. The average molecular weight is 118 g/mol. The van der Waals surface area contributed by atoms with Crippen LogP contribution >= 0.6 is 0 Å². The number of hydrogen-bond acceptors (Lipinski definition) is 4. The van der Waals surface area contributed by atoms with Gasteiger partial charge in [0.25, 0.3) is 0 Å². The Kier molecular flexibility index (Phi) is 1.24. The van der Waals surface area contributed by atoms with Crippen molar-refractivity contribution in [2.75, 3.05) is 19.7 Å². The van der Waals surface area contributed by atoms with Crippen LogP contribution in [0.3, 0.4) is 0 Å². The zero-order valence-corrected chi connectivity index (χ0v) is 4.54. The fraction of sp³-hybridized carbons (Fsp3) is 1.00. The van der Waals surface area contributed by atoms with Crippen molar-refractivity contribution in [3.05, 3.63) is 0 Å². The predicted octanol–water partition coefficient (Wildman–Crippen LogP) is -2.10. The molecule has 48 valence electrons. The van der Waals surface area contributed by atoms with Gasteiger partial charge in [-0.25, -0.2) is 5.01 Å². The third kappa shape index (κ3) is 0.830. The first-order valence-corrected chi connectivity index (χ1v) is 2.49. The second kappa shape index (κ2) is 1.66. The molecule has 1 heterocycles. The number of aliphatic hydroxyl groups excluding tert-OH is 1. The summed E-state index contributed by atoms with van der Waals surface area (Å²) in [6.07, 6.45) is 0. The average Bonchev–Trinajstić information content (AvgIpc) is 1.63. The van der Waals surface area contributed by atoms with Gasteiger partial charge in [0.15, 0.2) is 0 Å². The van der Waals surface area contributed by atoms with Crippen LogP contribution in [-0.2, 0) is 0 Å². The van der Waals surface area contributed by atoms with Crippen LogP contribution in [0.5, 0.6) is 0 Å². The van der Waals surface area contributed by atoms with Gasteiger partial charge < -0.3 is 10.2 Å². The van der Waals surface area contributed by atoms with Crippen molar-refractivity contribution >= 4 is 0 Å². The minimum Gasteiger partial charge on any atom is -0.393 e. The van der Waals surface area contributed by atoms with Crippen LogP contribution < -0.4 is 5.84 Å². The highest BCUT2D eigenvalue weighted by Gasteiger charge is 2.38. The minimum atomic E-state index is -0.908. The maximum Gasteiger partial charge on any atom is 0.116 e. The third-order valence-corrected chi connectivity index (χ3v) is 1.29. The van der Waals surface area contributed by atoms with Crippen LogP contribution in [0.25, 0.3) is 0 Å². The summed E-state index contributed by atoms with van der Waals surface area (Å²) in [6, 6.07) is 0. The lowest BCUT2D eigenvalue weighted by Crippen LogP contribution is -2.66. The molecule has 0 bridgehead atoms. The van der Waals surface area contributed by atoms with E-state index in [4.69, 9.17) is 16.1 Å². The maximum atomic E-state index is 9.02. The van der Waals surface area contributed by atoms with E-state index in [1.165, 1.54) is 5.01 Å². The summed E-state index contributed by atoms with van der Waals surface area (Å²) in [5, 5.41) is 18.9. The topological polar surface area (TPSA) is 69.7 Å². The van der Waals surface area contributed by atoms with E-state index in [1.807, 2.05) is 0 Å². The van der Waals surface area contributed by atoms with E-state index in [2.05, 4.69) is 0 Å². The number of aliphatic hydroxyl groups is 2. The lowest BCUT2D eigenvalue weighted by atomic mass is 9.98. The van der Waals surface area contributed by atoms with E-state index >= 15 is 0 Å². The number of nitrogens with two attached hydrogens (primary N) is 1. The molecule has 0 aliphatic carbocycles. The number of β-amino-alcohol motifs (C(OH)–C–C–N with tert-alkyl or cyclic N) is 1. The van der Waals surface area contributed by atoms with Gasteiger partial charge in [-0.1, -0.05) is 0 Å². The molecule has 4 heteroatoms. The molecule has 0 amide bonds. The van der Waals surface area contributed by atoms with Crippen molar-refractivity contribution in [2.45, 2.75) is 5.60 Å². The molecule has 4 N–H and O–H groups in total. The summed E-state index contributed by atoms with van der Waals surface area (Å²) in [4.78, 5) is 0. The minimum absolute atomic E-state index is 0.194. The highest BCUT2D eigenvalue weighted by atomic mass is 16.3. The van der Waals surface area contributed by atoms with Crippen molar-refractivity contribution in [2.24, 2.45) is 5.84 Å². The molecule has 0 aromatic rings. The van der Waals surface area contributed by atoms with Crippen LogP contribution in [0.15, 0.2) is 0 Å². The van der Waals surface area contributed by atoms with E-state index in [-0.39, 0.29) is 6.61 Å². The number of hydrazine groups is 1. The van der Waals surface area contributed by atoms with E-state index < -0.39 is 5.60 Å². The molecule has 4 nitrogen and oxygen atoms in total. The molecule has 0 radical (unpaired) electrons. The number of nitrogens with zero attached hydrogens (tertiary/aromatic N) is 1. The van der Waals surface area contributed by atoms with Gasteiger partial charge in [-0.3, -0.25) is 5.84 Å². The zero-order valence-electron chi connectivity index (χ0n) is 4.54. The summed E-state index contributed by atoms with van der Waals surface area (Å²) < 4.78 is 0. The molecule has 1 aliphatic heterocycles. The molecule has 0 saturated carbocycles. The van der Waals surface area contributed by atoms with Gasteiger partial charge >= 0.3 is 0 Å². The summed E-state index contributed by atoms with van der Waals surface area (Å²) in [5.41, 5.74) is -0.908. The Morgan fingerprint density at radius 2 is 2.12 bits per heavy atom. The quantitative estimate of drug-likeness (QED) is 0.345. The zero-order chi connectivity index (χ0) is 6.20. The van der Waals surface area contributed by atoms with Crippen molar-refractivity contribution in [1.29, 1.82) is 0 Å². The summed E-state index contributed by atoms with van der Waals surface area (Å²) in [6.45, 7) is 0.563. The first-order chi connectivity index (χ1) is 3.66. The highest BCUT2D eigenvalue weighted by molar-refractivity contribution is 4.91. The Balaban J connectivity index is 2.30. The van der Waals surface area contributed by atoms with Gasteiger partial charge in [-0.15, -0.1) is 0 Å². The first kappa shape index (κ1) is 5.97. The van der Waals surface area contributed by atoms with Gasteiger partial charge in [0, 0.05) is 13.1 Å². The van der Waals surface area contributed by atoms with Crippen LogP contribution in [-0.4, -0.2) is 40.5 Å². The van der Waals surface area contributed by atoms with Crippen molar-refractivity contribution in [3.63, 3.8) is 0 Å². The van der Waals surface area contributed by atoms with Gasteiger partial charge in [-0.05, 0) is 0 Å². The normalized spacial score (nSPS) is 27.4.